The van der Waals surface area contributed by atoms with Gasteiger partial charge in [0.2, 0.25) is 0 Å². The minimum Gasteiger partial charge on any atom is -0.396 e. The zero-order chi connectivity index (χ0) is 19.6. The van der Waals surface area contributed by atoms with Gasteiger partial charge in [-0.3, -0.25) is 0 Å². The third-order valence-electron chi connectivity index (χ3n) is 5.98. The Balaban J connectivity index is 2.07. The number of allylic oxidation sites excluding steroid dienone is 1. The molecule has 1 heterocycles. The summed E-state index contributed by atoms with van der Waals surface area (Å²) in [5.74, 6) is 7.50. The molecule has 0 amide bonds. The third kappa shape index (κ3) is 6.91. The van der Waals surface area contributed by atoms with E-state index in [-0.39, 0.29) is 42.9 Å². The van der Waals surface area contributed by atoms with Gasteiger partial charge in [0.1, 0.15) is 0 Å². The summed E-state index contributed by atoms with van der Waals surface area (Å²) in [4.78, 5) is 0. The Hall–Kier alpha value is -0.860. The van der Waals surface area contributed by atoms with Gasteiger partial charge < -0.3 is 19.7 Å². The number of aliphatic hydroxyl groups excluding tert-OH is 2. The highest BCUT2D eigenvalue weighted by Crippen LogP contribution is 2.40. The molecule has 4 nitrogen and oxygen atoms in total. The third-order valence-corrected chi connectivity index (χ3v) is 5.98. The van der Waals surface area contributed by atoms with Crippen LogP contribution in [0.25, 0.3) is 0 Å². The molecule has 1 saturated heterocycles. The fourth-order valence-electron chi connectivity index (χ4n) is 4.33. The van der Waals surface area contributed by atoms with Crippen LogP contribution in [0, 0.1) is 35.5 Å². The predicted octanol–water partition coefficient (Wildman–Crippen LogP) is 3.91. The minimum atomic E-state index is -0.323. The van der Waals surface area contributed by atoms with E-state index in [0.29, 0.717) is 12.3 Å². The SMILES string of the molecule is CCC#CC[C@H](C)C(/C=C/[C@@H]1[C@@H](CCO)[C@@H](O)C[C@H]1C)OC1CCCCO1. The second-order valence-electron chi connectivity index (χ2n) is 8.20. The van der Waals surface area contributed by atoms with E-state index in [4.69, 9.17) is 9.47 Å². The molecule has 1 saturated carbocycles. The Morgan fingerprint density at radius 2 is 2.11 bits per heavy atom. The predicted molar refractivity (Wildman–Crippen MR) is 108 cm³/mol. The van der Waals surface area contributed by atoms with Gasteiger partial charge in [-0.25, -0.2) is 0 Å². The fraction of sp³-hybridized carbons (Fsp3) is 0.826. The molecule has 27 heavy (non-hydrogen) atoms. The zero-order valence-electron chi connectivity index (χ0n) is 17.3. The fourth-order valence-corrected chi connectivity index (χ4v) is 4.33. The number of ether oxygens (including phenoxy) is 2. The highest BCUT2D eigenvalue weighted by atomic mass is 16.7. The molecule has 0 aromatic rings. The Morgan fingerprint density at radius 3 is 2.78 bits per heavy atom. The van der Waals surface area contributed by atoms with Crippen LogP contribution in [-0.2, 0) is 9.47 Å². The normalized spacial score (nSPS) is 33.6. The molecule has 2 unspecified atom stereocenters. The van der Waals surface area contributed by atoms with Crippen molar-refractivity contribution in [3.8, 4) is 11.8 Å². The van der Waals surface area contributed by atoms with Crippen molar-refractivity contribution in [2.24, 2.45) is 23.7 Å². The summed E-state index contributed by atoms with van der Waals surface area (Å²) >= 11 is 0. The van der Waals surface area contributed by atoms with E-state index in [1.54, 1.807) is 0 Å². The summed E-state index contributed by atoms with van der Waals surface area (Å²) in [6.07, 6.45) is 10.2. The molecule has 1 aliphatic heterocycles. The van der Waals surface area contributed by atoms with Crippen molar-refractivity contribution in [1.82, 2.24) is 0 Å². The van der Waals surface area contributed by atoms with E-state index in [9.17, 15) is 10.2 Å². The molecule has 0 aromatic carbocycles. The van der Waals surface area contributed by atoms with E-state index < -0.39 is 0 Å². The summed E-state index contributed by atoms with van der Waals surface area (Å²) < 4.78 is 12.1. The van der Waals surface area contributed by atoms with Gasteiger partial charge in [0, 0.05) is 26.1 Å². The second-order valence-corrected chi connectivity index (χ2v) is 8.20. The summed E-state index contributed by atoms with van der Waals surface area (Å²) in [6.45, 7) is 7.33. The van der Waals surface area contributed by atoms with Gasteiger partial charge in [0.15, 0.2) is 6.29 Å². The lowest BCUT2D eigenvalue weighted by Crippen LogP contribution is -2.31. The van der Waals surface area contributed by atoms with Gasteiger partial charge in [0.25, 0.3) is 0 Å². The maximum atomic E-state index is 10.3. The average Bonchev–Trinajstić information content (AvgIpc) is 2.93. The van der Waals surface area contributed by atoms with Crippen LogP contribution in [0.15, 0.2) is 12.2 Å². The van der Waals surface area contributed by atoms with Crippen LogP contribution in [-0.4, -0.2) is 41.9 Å². The Kier molecular flexibility index (Phi) is 9.86. The molecule has 1 aliphatic carbocycles. The van der Waals surface area contributed by atoms with E-state index in [1.165, 1.54) is 0 Å². The van der Waals surface area contributed by atoms with E-state index >= 15 is 0 Å². The first-order valence-electron chi connectivity index (χ1n) is 10.8. The summed E-state index contributed by atoms with van der Waals surface area (Å²) in [7, 11) is 0. The monoisotopic (exact) mass is 378 g/mol. The van der Waals surface area contributed by atoms with Crippen molar-refractivity contribution in [2.45, 2.75) is 84.2 Å². The number of aliphatic hydroxyl groups is 2. The molecule has 0 spiro atoms. The first-order chi connectivity index (χ1) is 13.1. The second kappa shape index (κ2) is 11.9. The largest absolute Gasteiger partial charge is 0.396 e. The molecule has 0 bridgehead atoms. The Morgan fingerprint density at radius 1 is 1.30 bits per heavy atom. The van der Waals surface area contributed by atoms with Crippen LogP contribution >= 0.6 is 0 Å². The smallest absolute Gasteiger partial charge is 0.158 e. The first kappa shape index (κ1) is 22.4. The molecule has 4 heteroatoms. The lowest BCUT2D eigenvalue weighted by Gasteiger charge is -2.29. The van der Waals surface area contributed by atoms with Gasteiger partial charge in [-0.1, -0.05) is 32.9 Å². The summed E-state index contributed by atoms with van der Waals surface area (Å²) in [5, 5.41) is 19.7. The molecular weight excluding hydrogens is 340 g/mol. The van der Waals surface area contributed by atoms with E-state index in [0.717, 1.165) is 45.1 Å². The van der Waals surface area contributed by atoms with Crippen LogP contribution < -0.4 is 0 Å². The maximum Gasteiger partial charge on any atom is 0.158 e. The van der Waals surface area contributed by atoms with E-state index in [1.807, 2.05) is 0 Å². The van der Waals surface area contributed by atoms with Crippen molar-refractivity contribution >= 4 is 0 Å². The van der Waals surface area contributed by atoms with Gasteiger partial charge in [-0.2, -0.15) is 0 Å². The van der Waals surface area contributed by atoms with Crippen LogP contribution in [0.4, 0.5) is 0 Å². The topological polar surface area (TPSA) is 58.9 Å². The van der Waals surface area contributed by atoms with Gasteiger partial charge in [-0.05, 0) is 55.8 Å². The first-order valence-corrected chi connectivity index (χ1v) is 10.8. The van der Waals surface area contributed by atoms with Crippen molar-refractivity contribution < 1.29 is 19.7 Å². The summed E-state index contributed by atoms with van der Waals surface area (Å²) in [6, 6.07) is 0. The van der Waals surface area contributed by atoms with Gasteiger partial charge >= 0.3 is 0 Å². The van der Waals surface area contributed by atoms with Crippen LogP contribution in [0.5, 0.6) is 0 Å². The summed E-state index contributed by atoms with van der Waals surface area (Å²) in [5.41, 5.74) is 0. The average molecular weight is 379 g/mol. The minimum absolute atomic E-state index is 0.0426. The molecule has 0 aromatic heterocycles. The van der Waals surface area contributed by atoms with Crippen molar-refractivity contribution in [3.05, 3.63) is 12.2 Å². The standard InChI is InChI=1S/C23H38O4/c1-4-5-6-9-17(2)22(27-23-10-7-8-15-26-23)12-11-19-18(3)16-21(25)20(19)13-14-24/h11-12,17-25H,4,7-10,13-16H2,1-3H3/b12-11+/t17-,18+,19-,20+,21-,22?,23?/m0/s1. The van der Waals surface area contributed by atoms with Crippen LogP contribution in [0.3, 0.4) is 0 Å². The van der Waals surface area contributed by atoms with Crippen LogP contribution in [0.2, 0.25) is 0 Å². The van der Waals surface area contributed by atoms with Crippen molar-refractivity contribution in [3.63, 3.8) is 0 Å². The molecule has 2 N–H and O–H groups in total. The number of hydrogen-bond donors (Lipinski definition) is 2. The van der Waals surface area contributed by atoms with Crippen LogP contribution in [0.1, 0.15) is 65.7 Å². The number of hydrogen-bond acceptors (Lipinski definition) is 4. The Labute approximate surface area is 165 Å². The molecule has 2 rings (SSSR count). The van der Waals surface area contributed by atoms with Crippen molar-refractivity contribution in [2.75, 3.05) is 13.2 Å². The molecule has 0 radical (unpaired) electrons. The van der Waals surface area contributed by atoms with Gasteiger partial charge in [-0.15, -0.1) is 11.8 Å². The molecule has 2 fully saturated rings. The zero-order valence-corrected chi connectivity index (χ0v) is 17.3. The molecule has 2 aliphatic rings. The van der Waals surface area contributed by atoms with E-state index in [2.05, 4.69) is 44.8 Å². The Bertz CT molecular complexity index is 500. The molecule has 154 valence electrons. The van der Waals surface area contributed by atoms with Gasteiger partial charge in [0.05, 0.1) is 12.2 Å². The number of rotatable bonds is 8. The maximum absolute atomic E-state index is 10.3. The van der Waals surface area contributed by atoms with Crippen molar-refractivity contribution in [1.29, 1.82) is 0 Å². The highest BCUT2D eigenvalue weighted by molar-refractivity contribution is 5.06. The molecular formula is C23H38O4. The quantitative estimate of drug-likeness (QED) is 0.497. The molecule has 7 atom stereocenters. The lowest BCUT2D eigenvalue weighted by atomic mass is 9.86. The lowest BCUT2D eigenvalue weighted by molar-refractivity contribution is -0.186. The highest BCUT2D eigenvalue weighted by Gasteiger charge is 2.38.